The Balaban J connectivity index is 2.20. The number of hydrogen-bond donors (Lipinski definition) is 2. The van der Waals surface area contributed by atoms with Crippen LogP contribution in [0.1, 0.15) is 38.7 Å². The van der Waals surface area contributed by atoms with Crippen LogP contribution >= 0.6 is 23.2 Å². The second-order valence-electron chi connectivity index (χ2n) is 6.24. The van der Waals surface area contributed by atoms with E-state index in [1.54, 1.807) is 12.1 Å². The largest absolute Gasteiger partial charge is 0.354 e. The van der Waals surface area contributed by atoms with Gasteiger partial charge in [-0.2, -0.15) is 0 Å². The Bertz CT molecular complexity index is 519. The molecule has 0 radical (unpaired) electrons. The highest BCUT2D eigenvalue weighted by Crippen LogP contribution is 2.45. The van der Waals surface area contributed by atoms with Crippen LogP contribution in [0.3, 0.4) is 0 Å². The Morgan fingerprint density at radius 2 is 2.00 bits per heavy atom. The topological polar surface area (TPSA) is 55.1 Å². The summed E-state index contributed by atoms with van der Waals surface area (Å²) in [7, 11) is 0. The number of nitrogens with two attached hydrogens (primary N) is 1. The van der Waals surface area contributed by atoms with Crippen LogP contribution in [0, 0.1) is 0 Å². The van der Waals surface area contributed by atoms with Gasteiger partial charge in [0.2, 0.25) is 5.91 Å². The summed E-state index contributed by atoms with van der Waals surface area (Å²) in [5.74, 6) is 0.0284. The molecule has 1 aromatic rings. The molecule has 110 valence electrons. The van der Waals surface area contributed by atoms with Crippen molar-refractivity contribution in [2.75, 3.05) is 6.54 Å². The summed E-state index contributed by atoms with van der Waals surface area (Å²) in [6.07, 6.45) is 2.71. The Morgan fingerprint density at radius 1 is 1.35 bits per heavy atom. The smallest absolute Gasteiger partial charge is 0.230 e. The van der Waals surface area contributed by atoms with Crippen molar-refractivity contribution in [3.8, 4) is 0 Å². The monoisotopic (exact) mass is 314 g/mol. The van der Waals surface area contributed by atoms with Gasteiger partial charge in [0.1, 0.15) is 0 Å². The van der Waals surface area contributed by atoms with Gasteiger partial charge in [0.15, 0.2) is 0 Å². The molecule has 1 fully saturated rings. The average molecular weight is 315 g/mol. The van der Waals surface area contributed by atoms with E-state index in [2.05, 4.69) is 5.32 Å². The molecule has 1 saturated carbocycles. The number of rotatable bonds is 4. The molecule has 1 amide bonds. The Labute approximate surface area is 129 Å². The molecular weight excluding hydrogens is 295 g/mol. The van der Waals surface area contributed by atoms with Crippen molar-refractivity contribution in [2.24, 2.45) is 5.73 Å². The van der Waals surface area contributed by atoms with Crippen LogP contribution < -0.4 is 11.1 Å². The lowest BCUT2D eigenvalue weighted by Crippen LogP contribution is -2.53. The van der Waals surface area contributed by atoms with Gasteiger partial charge in [-0.3, -0.25) is 4.79 Å². The second-order valence-corrected chi connectivity index (χ2v) is 7.05. The van der Waals surface area contributed by atoms with Crippen molar-refractivity contribution >= 4 is 29.1 Å². The first-order valence-corrected chi connectivity index (χ1v) is 7.53. The van der Waals surface area contributed by atoms with E-state index in [-0.39, 0.29) is 5.91 Å². The predicted molar refractivity (Wildman–Crippen MR) is 83.3 cm³/mol. The van der Waals surface area contributed by atoms with Crippen molar-refractivity contribution in [3.05, 3.63) is 33.8 Å². The lowest BCUT2D eigenvalue weighted by molar-refractivity contribution is -0.130. The molecule has 0 heterocycles. The number of carbonyl (C=O) groups excluding carboxylic acids is 1. The van der Waals surface area contributed by atoms with E-state index in [0.717, 1.165) is 24.8 Å². The van der Waals surface area contributed by atoms with E-state index in [0.29, 0.717) is 16.6 Å². The van der Waals surface area contributed by atoms with Gasteiger partial charge in [-0.1, -0.05) is 35.7 Å². The third-order valence-electron chi connectivity index (χ3n) is 3.82. The van der Waals surface area contributed by atoms with Crippen LogP contribution in [-0.4, -0.2) is 18.0 Å². The fraction of sp³-hybridized carbons (Fsp3) is 0.533. The zero-order valence-corrected chi connectivity index (χ0v) is 13.3. The molecule has 3 N–H and O–H groups in total. The van der Waals surface area contributed by atoms with Crippen LogP contribution in [0.5, 0.6) is 0 Å². The average Bonchev–Trinajstić information content (AvgIpc) is 2.29. The Kier molecular flexibility index (Phi) is 4.33. The summed E-state index contributed by atoms with van der Waals surface area (Å²) >= 11 is 12.0. The zero-order chi connectivity index (χ0) is 15.0. The van der Waals surface area contributed by atoms with Gasteiger partial charge in [0, 0.05) is 12.1 Å². The summed E-state index contributed by atoms with van der Waals surface area (Å²) in [6.45, 7) is 4.23. The molecule has 5 heteroatoms. The van der Waals surface area contributed by atoms with Crippen molar-refractivity contribution in [1.29, 1.82) is 0 Å². The van der Waals surface area contributed by atoms with E-state index in [4.69, 9.17) is 28.9 Å². The number of halogens is 2. The highest BCUT2D eigenvalue weighted by atomic mass is 35.5. The molecule has 0 aliphatic heterocycles. The molecule has 0 atom stereocenters. The number of hydrogen-bond acceptors (Lipinski definition) is 2. The molecule has 0 aromatic heterocycles. The Morgan fingerprint density at radius 3 is 2.45 bits per heavy atom. The third kappa shape index (κ3) is 3.11. The summed E-state index contributed by atoms with van der Waals surface area (Å²) in [4.78, 5) is 12.5. The second kappa shape index (κ2) is 5.55. The highest BCUT2D eigenvalue weighted by Gasteiger charge is 2.45. The minimum Gasteiger partial charge on any atom is -0.354 e. The third-order valence-corrected chi connectivity index (χ3v) is 4.56. The fourth-order valence-electron chi connectivity index (χ4n) is 2.45. The van der Waals surface area contributed by atoms with E-state index in [1.807, 2.05) is 19.9 Å². The number of nitrogens with one attached hydrogen (secondary N) is 1. The predicted octanol–water partition coefficient (Wildman–Crippen LogP) is 3.27. The normalized spacial score (nSPS) is 17.4. The molecule has 0 unspecified atom stereocenters. The van der Waals surface area contributed by atoms with Gasteiger partial charge >= 0.3 is 0 Å². The van der Waals surface area contributed by atoms with Gasteiger partial charge in [-0.05, 0) is 44.4 Å². The van der Waals surface area contributed by atoms with Gasteiger partial charge in [-0.15, -0.1) is 0 Å². The molecule has 1 aromatic carbocycles. The fourth-order valence-corrected chi connectivity index (χ4v) is 2.75. The molecule has 1 aliphatic carbocycles. The van der Waals surface area contributed by atoms with E-state index in [9.17, 15) is 4.79 Å². The van der Waals surface area contributed by atoms with Gasteiger partial charge in [-0.25, -0.2) is 0 Å². The van der Waals surface area contributed by atoms with Gasteiger partial charge < -0.3 is 11.1 Å². The van der Waals surface area contributed by atoms with Crippen LogP contribution in [0.4, 0.5) is 0 Å². The molecular formula is C15H20Cl2N2O. The van der Waals surface area contributed by atoms with Gasteiger partial charge in [0.25, 0.3) is 0 Å². The van der Waals surface area contributed by atoms with Crippen molar-refractivity contribution in [1.82, 2.24) is 5.32 Å². The SMILES string of the molecule is CC(C)(N)CNC(=O)C1(c2ccc(Cl)c(Cl)c2)CCC1. The first-order chi connectivity index (χ1) is 9.24. The summed E-state index contributed by atoms with van der Waals surface area (Å²) in [5.41, 5.74) is 5.96. The summed E-state index contributed by atoms with van der Waals surface area (Å²) in [6, 6.07) is 5.44. The van der Waals surface area contributed by atoms with Crippen LogP contribution in [-0.2, 0) is 10.2 Å². The van der Waals surface area contributed by atoms with Gasteiger partial charge in [0.05, 0.1) is 15.5 Å². The highest BCUT2D eigenvalue weighted by molar-refractivity contribution is 6.42. The molecule has 20 heavy (non-hydrogen) atoms. The van der Waals surface area contributed by atoms with E-state index < -0.39 is 11.0 Å². The minimum absolute atomic E-state index is 0.0284. The lowest BCUT2D eigenvalue weighted by atomic mass is 9.63. The first-order valence-electron chi connectivity index (χ1n) is 6.77. The lowest BCUT2D eigenvalue weighted by Gasteiger charge is -2.41. The van der Waals surface area contributed by atoms with E-state index in [1.165, 1.54) is 0 Å². The van der Waals surface area contributed by atoms with Crippen LogP contribution in [0.2, 0.25) is 10.0 Å². The maximum Gasteiger partial charge on any atom is 0.230 e. The molecule has 3 nitrogen and oxygen atoms in total. The van der Waals surface area contributed by atoms with Crippen molar-refractivity contribution < 1.29 is 4.79 Å². The first kappa shape index (κ1) is 15.6. The number of benzene rings is 1. The molecule has 1 aliphatic rings. The molecule has 0 spiro atoms. The van der Waals surface area contributed by atoms with Crippen molar-refractivity contribution in [3.63, 3.8) is 0 Å². The zero-order valence-electron chi connectivity index (χ0n) is 11.8. The van der Waals surface area contributed by atoms with Crippen molar-refractivity contribution in [2.45, 2.75) is 44.1 Å². The number of amides is 1. The molecule has 2 rings (SSSR count). The van der Waals surface area contributed by atoms with E-state index >= 15 is 0 Å². The maximum absolute atomic E-state index is 12.5. The molecule has 0 bridgehead atoms. The maximum atomic E-state index is 12.5. The minimum atomic E-state index is -0.473. The number of carbonyl (C=O) groups is 1. The van der Waals surface area contributed by atoms with Crippen LogP contribution in [0.15, 0.2) is 18.2 Å². The standard InChI is InChI=1S/C15H20Cl2N2O/c1-14(2,18)9-19-13(20)15(6-3-7-15)10-4-5-11(16)12(17)8-10/h4-5,8H,3,6-7,9,18H2,1-2H3,(H,19,20). The summed E-state index contributed by atoms with van der Waals surface area (Å²) < 4.78 is 0. The quantitative estimate of drug-likeness (QED) is 0.896. The Hall–Kier alpha value is -0.770. The van der Waals surface area contributed by atoms with Crippen LogP contribution in [0.25, 0.3) is 0 Å². The summed E-state index contributed by atoms with van der Waals surface area (Å²) in [5, 5.41) is 3.95. The molecule has 0 saturated heterocycles.